The Balaban J connectivity index is 0.00000132. The molecule has 31 heavy (non-hydrogen) atoms. The highest BCUT2D eigenvalue weighted by Crippen LogP contribution is 2.53. The monoisotopic (exact) mass is 424 g/mol. The smallest absolute Gasteiger partial charge is 0.347 e. The van der Waals surface area contributed by atoms with Crippen LogP contribution < -0.4 is 16.3 Å². The van der Waals surface area contributed by atoms with Crippen molar-refractivity contribution >= 4 is 23.4 Å². The van der Waals surface area contributed by atoms with E-state index in [0.717, 1.165) is 12.0 Å². The number of hydrogen-bond donors (Lipinski definition) is 0. The average molecular weight is 424 g/mol. The Hall–Kier alpha value is -2.99. The van der Waals surface area contributed by atoms with Gasteiger partial charge in [0.05, 0.1) is 18.2 Å². The standard InChI is InChI=1S/C23H22O6.C2H6/c1-13(24)4-5-14-6-8-15(9-7-14)20(25)17-10-16-19(29-22(17)26)12-23(28-3)11-18(23)21(16)27-2;1-2/h6-10,12,18H,4-5,11H2,1-3H3;1-2H3. The van der Waals surface area contributed by atoms with Gasteiger partial charge in [0.15, 0.2) is 5.78 Å². The Morgan fingerprint density at radius 3 is 2.42 bits per heavy atom. The highest BCUT2D eigenvalue weighted by atomic mass is 16.5. The maximum atomic E-state index is 12.9. The van der Waals surface area contributed by atoms with Gasteiger partial charge in [-0.25, -0.2) is 4.79 Å². The van der Waals surface area contributed by atoms with Gasteiger partial charge in [-0.2, -0.15) is 0 Å². The summed E-state index contributed by atoms with van der Waals surface area (Å²) in [6.45, 7) is 5.55. The van der Waals surface area contributed by atoms with Gasteiger partial charge in [-0.3, -0.25) is 4.79 Å². The molecule has 1 aromatic carbocycles. The summed E-state index contributed by atoms with van der Waals surface area (Å²) in [4.78, 5) is 36.6. The fourth-order valence-corrected chi connectivity index (χ4v) is 3.92. The SMILES string of the molecule is CC.COC1=c2cc(C(=O)c3ccc(CCC(C)=O)cc3)c(=O)oc2=CC2(OC)CC12. The third-order valence-corrected chi connectivity index (χ3v) is 5.71. The lowest BCUT2D eigenvalue weighted by molar-refractivity contribution is -0.116. The van der Waals surface area contributed by atoms with Crippen LogP contribution in [0.2, 0.25) is 0 Å². The number of carbonyl (C=O) groups excluding carboxylic acids is 2. The van der Waals surface area contributed by atoms with Gasteiger partial charge in [-0.05, 0) is 37.5 Å². The number of Topliss-reactive ketones (excluding diaryl/α,β-unsaturated/α-hetero) is 1. The molecule has 2 atom stereocenters. The normalized spacial score (nSPS) is 20.4. The molecule has 0 N–H and O–H groups in total. The number of carbonyl (C=O) groups is 2. The first-order chi connectivity index (χ1) is 14.9. The van der Waals surface area contributed by atoms with Crippen LogP contribution in [0.3, 0.4) is 0 Å². The van der Waals surface area contributed by atoms with Gasteiger partial charge in [0, 0.05) is 19.1 Å². The second kappa shape index (κ2) is 9.02. The van der Waals surface area contributed by atoms with Crippen LogP contribution in [0.25, 0.3) is 11.8 Å². The van der Waals surface area contributed by atoms with E-state index in [0.29, 0.717) is 34.8 Å². The number of ether oxygens (including phenoxy) is 2. The first-order valence-corrected chi connectivity index (χ1v) is 10.5. The van der Waals surface area contributed by atoms with E-state index < -0.39 is 17.0 Å². The van der Waals surface area contributed by atoms with Crippen molar-refractivity contribution in [2.45, 2.75) is 45.6 Å². The van der Waals surface area contributed by atoms with Crippen molar-refractivity contribution in [2.24, 2.45) is 5.92 Å². The van der Waals surface area contributed by atoms with E-state index in [9.17, 15) is 14.4 Å². The van der Waals surface area contributed by atoms with Crippen molar-refractivity contribution in [1.29, 1.82) is 0 Å². The van der Waals surface area contributed by atoms with Crippen molar-refractivity contribution in [3.63, 3.8) is 0 Å². The van der Waals surface area contributed by atoms with Crippen molar-refractivity contribution in [3.05, 3.63) is 68.1 Å². The van der Waals surface area contributed by atoms with E-state index in [1.165, 1.54) is 0 Å². The molecule has 0 amide bonds. The third kappa shape index (κ3) is 4.26. The van der Waals surface area contributed by atoms with Gasteiger partial charge in [-0.15, -0.1) is 0 Å². The summed E-state index contributed by atoms with van der Waals surface area (Å²) in [5, 5.41) is 0.615. The molecule has 2 aliphatic rings. The van der Waals surface area contributed by atoms with Crippen LogP contribution >= 0.6 is 0 Å². The second-order valence-electron chi connectivity index (χ2n) is 7.58. The number of benzene rings is 1. The highest BCUT2D eigenvalue weighted by Gasteiger charge is 2.58. The Labute approximate surface area is 181 Å². The predicted octanol–water partition coefficient (Wildman–Crippen LogP) is 2.37. The zero-order valence-electron chi connectivity index (χ0n) is 18.6. The highest BCUT2D eigenvalue weighted by molar-refractivity contribution is 6.08. The summed E-state index contributed by atoms with van der Waals surface area (Å²) < 4.78 is 16.6. The fraction of sp³-hybridized carbons (Fsp3) is 0.400. The third-order valence-electron chi connectivity index (χ3n) is 5.71. The molecule has 0 radical (unpaired) electrons. The summed E-state index contributed by atoms with van der Waals surface area (Å²) in [6.07, 6.45) is 3.62. The van der Waals surface area contributed by atoms with Crippen LogP contribution in [0.15, 0.2) is 39.5 Å². The van der Waals surface area contributed by atoms with Crippen LogP contribution in [0.1, 0.15) is 55.1 Å². The molecule has 0 spiro atoms. The molecule has 1 saturated carbocycles. The molecule has 2 aliphatic carbocycles. The summed E-state index contributed by atoms with van der Waals surface area (Å²) in [6, 6.07) is 8.49. The van der Waals surface area contributed by atoms with Crippen LogP contribution in [0.5, 0.6) is 0 Å². The number of methoxy groups -OCH3 is 2. The Morgan fingerprint density at radius 2 is 1.84 bits per heavy atom. The number of aryl methyl sites for hydroxylation is 1. The van der Waals surface area contributed by atoms with E-state index >= 15 is 0 Å². The summed E-state index contributed by atoms with van der Waals surface area (Å²) in [7, 11) is 3.18. The van der Waals surface area contributed by atoms with E-state index in [1.807, 2.05) is 13.8 Å². The minimum atomic E-state index is -0.688. The van der Waals surface area contributed by atoms with Crippen molar-refractivity contribution < 1.29 is 23.5 Å². The molecular weight excluding hydrogens is 396 g/mol. The zero-order valence-corrected chi connectivity index (χ0v) is 18.6. The molecule has 2 aromatic rings. The average Bonchev–Trinajstić information content (AvgIpc) is 3.51. The van der Waals surface area contributed by atoms with Gasteiger partial charge >= 0.3 is 5.63 Å². The molecule has 2 unspecified atom stereocenters. The van der Waals surface area contributed by atoms with Crippen LogP contribution in [-0.4, -0.2) is 31.4 Å². The molecule has 164 valence electrons. The maximum absolute atomic E-state index is 12.9. The van der Waals surface area contributed by atoms with Gasteiger partial charge < -0.3 is 18.7 Å². The molecule has 4 rings (SSSR count). The zero-order chi connectivity index (χ0) is 22.8. The van der Waals surface area contributed by atoms with E-state index in [4.69, 9.17) is 13.9 Å². The summed E-state index contributed by atoms with van der Waals surface area (Å²) in [5.74, 6) is 0.435. The molecule has 0 aliphatic heterocycles. The molecule has 1 heterocycles. The van der Waals surface area contributed by atoms with Gasteiger partial charge in [0.2, 0.25) is 0 Å². The second-order valence-corrected chi connectivity index (χ2v) is 7.58. The Bertz CT molecular complexity index is 1170. The van der Waals surface area contributed by atoms with Crippen LogP contribution in [0.4, 0.5) is 0 Å². The van der Waals surface area contributed by atoms with Crippen molar-refractivity contribution in [3.8, 4) is 0 Å². The maximum Gasteiger partial charge on any atom is 0.347 e. The van der Waals surface area contributed by atoms with Crippen LogP contribution in [-0.2, 0) is 20.7 Å². The van der Waals surface area contributed by atoms with Crippen molar-refractivity contribution in [1.82, 2.24) is 0 Å². The number of hydrogen-bond acceptors (Lipinski definition) is 6. The quantitative estimate of drug-likeness (QED) is 0.635. The first kappa shape index (κ1) is 22.7. The van der Waals surface area contributed by atoms with Gasteiger partial charge in [0.1, 0.15) is 28.1 Å². The summed E-state index contributed by atoms with van der Waals surface area (Å²) in [5.41, 5.74) is 0.512. The van der Waals surface area contributed by atoms with E-state index in [1.54, 1.807) is 57.6 Å². The number of rotatable bonds is 7. The van der Waals surface area contributed by atoms with Gasteiger partial charge in [0.25, 0.3) is 0 Å². The van der Waals surface area contributed by atoms with E-state index in [2.05, 4.69) is 0 Å². The molecule has 1 aromatic heterocycles. The lowest BCUT2D eigenvalue weighted by Gasteiger charge is -2.16. The Kier molecular flexibility index (Phi) is 6.60. The minimum absolute atomic E-state index is 0.0336. The molecule has 0 bridgehead atoms. The predicted molar refractivity (Wildman–Crippen MR) is 117 cm³/mol. The lowest BCUT2D eigenvalue weighted by atomic mass is 10.00. The summed E-state index contributed by atoms with van der Waals surface area (Å²) >= 11 is 0. The minimum Gasteiger partial charge on any atom is -0.500 e. The van der Waals surface area contributed by atoms with Crippen molar-refractivity contribution in [2.75, 3.05) is 14.2 Å². The van der Waals surface area contributed by atoms with Crippen LogP contribution in [0, 0.1) is 5.92 Å². The molecular formula is C25H28O6. The molecule has 1 fully saturated rings. The lowest BCUT2D eigenvalue weighted by Crippen LogP contribution is -2.40. The molecule has 6 nitrogen and oxygen atoms in total. The topological polar surface area (TPSA) is 82.8 Å². The first-order valence-electron chi connectivity index (χ1n) is 10.5. The fourth-order valence-electron chi connectivity index (χ4n) is 3.92. The van der Waals surface area contributed by atoms with E-state index in [-0.39, 0.29) is 17.3 Å². The number of fused-ring (bicyclic) bond motifs is 2. The largest absolute Gasteiger partial charge is 0.500 e. The van der Waals surface area contributed by atoms with Gasteiger partial charge in [-0.1, -0.05) is 38.1 Å². The molecule has 6 heteroatoms. The Morgan fingerprint density at radius 1 is 1.16 bits per heavy atom. The number of ketones is 2. The molecule has 0 saturated heterocycles.